The second-order valence-electron chi connectivity index (χ2n) is 6.58. The molecule has 0 saturated carbocycles. The van der Waals surface area contributed by atoms with Crippen molar-refractivity contribution in [3.05, 3.63) is 30.0 Å². The molecular weight excluding hydrogens is 318 g/mol. The number of hydrogen-bond acceptors (Lipinski definition) is 5. The van der Waals surface area contributed by atoms with E-state index in [2.05, 4.69) is 15.6 Å². The fourth-order valence-electron chi connectivity index (χ4n) is 3.54. The normalized spacial score (nSPS) is 18.1. The molecule has 0 amide bonds. The van der Waals surface area contributed by atoms with Crippen molar-refractivity contribution in [1.82, 2.24) is 14.7 Å². The lowest BCUT2D eigenvalue weighted by Gasteiger charge is -2.15. The Morgan fingerprint density at radius 1 is 1.36 bits per heavy atom. The van der Waals surface area contributed by atoms with Crippen LogP contribution in [0.15, 0.2) is 24.3 Å². The Labute approximate surface area is 148 Å². The van der Waals surface area contributed by atoms with Gasteiger partial charge in [-0.25, -0.2) is 0 Å². The van der Waals surface area contributed by atoms with Crippen molar-refractivity contribution >= 4 is 16.9 Å². The van der Waals surface area contributed by atoms with Gasteiger partial charge in [0.15, 0.2) is 0 Å². The third kappa shape index (κ3) is 4.38. The Morgan fingerprint density at radius 3 is 3.00 bits per heavy atom. The highest BCUT2D eigenvalue weighted by molar-refractivity contribution is 5.86. The van der Waals surface area contributed by atoms with Crippen LogP contribution in [0, 0.1) is 5.92 Å². The van der Waals surface area contributed by atoms with Gasteiger partial charge in [0.05, 0.1) is 30.8 Å². The van der Waals surface area contributed by atoms with Crippen LogP contribution < -0.4 is 0 Å². The van der Waals surface area contributed by atoms with Gasteiger partial charge in [0, 0.05) is 32.1 Å². The third-order valence-corrected chi connectivity index (χ3v) is 4.76. The second-order valence-corrected chi connectivity index (χ2v) is 6.58. The zero-order valence-corrected chi connectivity index (χ0v) is 15.1. The Kier molecular flexibility index (Phi) is 6.04. The van der Waals surface area contributed by atoms with E-state index in [0.29, 0.717) is 12.5 Å². The molecule has 3 rings (SSSR count). The van der Waals surface area contributed by atoms with Crippen molar-refractivity contribution in [1.29, 1.82) is 0 Å². The van der Waals surface area contributed by atoms with Gasteiger partial charge in [0.1, 0.15) is 0 Å². The Hall–Kier alpha value is -1.92. The van der Waals surface area contributed by atoms with Crippen LogP contribution in [0.3, 0.4) is 0 Å². The fraction of sp³-hybridized carbons (Fsp3) is 0.579. The number of fused-ring (bicyclic) bond motifs is 1. The SMILES string of the molecule is CCOC(=O)Cc1nn(CC2CCN(CCOC)C2)c2ccccc12. The van der Waals surface area contributed by atoms with Crippen molar-refractivity contribution in [3.63, 3.8) is 0 Å². The standard InChI is InChI=1S/C19H27N3O3/c1-3-25-19(23)12-17-16-6-4-5-7-18(16)22(20-17)14-15-8-9-21(13-15)10-11-24-2/h4-7,15H,3,8-14H2,1-2H3. The molecule has 0 radical (unpaired) electrons. The molecule has 136 valence electrons. The number of aromatic nitrogens is 2. The van der Waals surface area contributed by atoms with E-state index in [-0.39, 0.29) is 12.4 Å². The van der Waals surface area contributed by atoms with Gasteiger partial charge in [-0.05, 0) is 31.9 Å². The molecule has 0 N–H and O–H groups in total. The predicted octanol–water partition coefficient (Wildman–Crippen LogP) is 2.11. The first-order valence-corrected chi connectivity index (χ1v) is 9.02. The van der Waals surface area contributed by atoms with Gasteiger partial charge in [-0.1, -0.05) is 18.2 Å². The first-order chi connectivity index (χ1) is 12.2. The first kappa shape index (κ1) is 17.9. The van der Waals surface area contributed by atoms with Crippen molar-refractivity contribution in [2.24, 2.45) is 5.92 Å². The summed E-state index contributed by atoms with van der Waals surface area (Å²) in [6, 6.07) is 8.13. The molecule has 1 atom stereocenters. The van der Waals surface area contributed by atoms with Crippen LogP contribution in [0.5, 0.6) is 0 Å². The van der Waals surface area contributed by atoms with Crippen LogP contribution >= 0.6 is 0 Å². The Morgan fingerprint density at radius 2 is 2.20 bits per heavy atom. The molecule has 2 heterocycles. The number of nitrogens with zero attached hydrogens (tertiary/aromatic N) is 3. The lowest BCUT2D eigenvalue weighted by Crippen LogP contribution is -2.25. The summed E-state index contributed by atoms with van der Waals surface area (Å²) < 4.78 is 12.3. The number of methoxy groups -OCH3 is 1. The van der Waals surface area contributed by atoms with E-state index in [1.54, 1.807) is 7.11 Å². The van der Waals surface area contributed by atoms with E-state index >= 15 is 0 Å². The lowest BCUT2D eigenvalue weighted by molar-refractivity contribution is -0.142. The topological polar surface area (TPSA) is 56.6 Å². The van der Waals surface area contributed by atoms with E-state index in [9.17, 15) is 4.79 Å². The molecule has 0 spiro atoms. The molecule has 0 aliphatic carbocycles. The van der Waals surface area contributed by atoms with E-state index in [1.165, 1.54) is 6.42 Å². The molecule has 1 aromatic heterocycles. The number of hydrogen-bond donors (Lipinski definition) is 0. The molecule has 2 aromatic rings. The monoisotopic (exact) mass is 345 g/mol. The first-order valence-electron chi connectivity index (χ1n) is 9.02. The molecule has 1 aromatic carbocycles. The molecule has 1 aliphatic heterocycles. The minimum Gasteiger partial charge on any atom is -0.466 e. The van der Waals surface area contributed by atoms with E-state index in [0.717, 1.165) is 49.4 Å². The minimum atomic E-state index is -0.218. The maximum atomic E-state index is 11.9. The summed E-state index contributed by atoms with van der Waals surface area (Å²) in [7, 11) is 1.74. The molecule has 0 bridgehead atoms. The van der Waals surface area contributed by atoms with Crippen LogP contribution in [-0.2, 0) is 27.2 Å². The van der Waals surface area contributed by atoms with Gasteiger partial charge in [-0.3, -0.25) is 9.48 Å². The molecule has 1 saturated heterocycles. The van der Waals surface area contributed by atoms with Gasteiger partial charge in [0.25, 0.3) is 0 Å². The zero-order valence-electron chi connectivity index (χ0n) is 15.1. The van der Waals surface area contributed by atoms with Crippen molar-refractivity contribution in [3.8, 4) is 0 Å². The van der Waals surface area contributed by atoms with Gasteiger partial charge in [-0.2, -0.15) is 5.10 Å². The largest absolute Gasteiger partial charge is 0.466 e. The van der Waals surface area contributed by atoms with Crippen molar-refractivity contribution in [2.75, 3.05) is 40.0 Å². The lowest BCUT2D eigenvalue weighted by atomic mass is 10.1. The Balaban J connectivity index is 1.72. The van der Waals surface area contributed by atoms with E-state index in [1.807, 2.05) is 25.1 Å². The number of para-hydroxylation sites is 1. The maximum absolute atomic E-state index is 11.9. The summed E-state index contributed by atoms with van der Waals surface area (Å²) in [4.78, 5) is 14.3. The number of rotatable bonds is 8. The number of carbonyl (C=O) groups excluding carboxylic acids is 1. The number of esters is 1. The Bertz CT molecular complexity index is 713. The third-order valence-electron chi connectivity index (χ3n) is 4.76. The van der Waals surface area contributed by atoms with Gasteiger partial charge in [0.2, 0.25) is 0 Å². The molecule has 1 unspecified atom stereocenters. The average molecular weight is 345 g/mol. The van der Waals surface area contributed by atoms with Gasteiger partial charge in [-0.15, -0.1) is 0 Å². The summed E-state index contributed by atoms with van der Waals surface area (Å²) in [6.07, 6.45) is 1.40. The summed E-state index contributed by atoms with van der Waals surface area (Å²) in [5.74, 6) is 0.361. The minimum absolute atomic E-state index is 0.218. The van der Waals surface area contributed by atoms with Crippen LogP contribution in [0.2, 0.25) is 0 Å². The van der Waals surface area contributed by atoms with Crippen molar-refractivity contribution in [2.45, 2.75) is 26.3 Å². The maximum Gasteiger partial charge on any atom is 0.311 e. The van der Waals surface area contributed by atoms with Crippen molar-refractivity contribution < 1.29 is 14.3 Å². The average Bonchev–Trinajstić information content (AvgIpc) is 3.19. The summed E-state index contributed by atoms with van der Waals surface area (Å²) in [5, 5.41) is 5.78. The highest BCUT2D eigenvalue weighted by Crippen LogP contribution is 2.23. The van der Waals surface area contributed by atoms with Crippen LogP contribution in [0.25, 0.3) is 10.9 Å². The van der Waals surface area contributed by atoms with Gasteiger partial charge >= 0.3 is 5.97 Å². The number of benzene rings is 1. The predicted molar refractivity (Wildman–Crippen MR) is 96.5 cm³/mol. The van der Waals surface area contributed by atoms with Crippen LogP contribution in [-0.4, -0.2) is 60.6 Å². The molecule has 25 heavy (non-hydrogen) atoms. The molecular formula is C19H27N3O3. The number of ether oxygens (including phenoxy) is 2. The van der Waals surface area contributed by atoms with E-state index in [4.69, 9.17) is 14.6 Å². The summed E-state index contributed by atoms with van der Waals surface area (Å²) in [5.41, 5.74) is 1.90. The second kappa shape index (κ2) is 8.45. The number of carbonyl (C=O) groups is 1. The number of likely N-dealkylation sites (tertiary alicyclic amines) is 1. The van der Waals surface area contributed by atoms with E-state index < -0.39 is 0 Å². The smallest absolute Gasteiger partial charge is 0.311 e. The molecule has 1 fully saturated rings. The summed E-state index contributed by atoms with van der Waals surface area (Å²) >= 11 is 0. The molecule has 6 heteroatoms. The summed E-state index contributed by atoms with van der Waals surface area (Å²) in [6.45, 7) is 7.06. The highest BCUT2D eigenvalue weighted by Gasteiger charge is 2.24. The quantitative estimate of drug-likeness (QED) is 0.686. The van der Waals surface area contributed by atoms with Crippen LogP contribution in [0.1, 0.15) is 19.0 Å². The molecule has 1 aliphatic rings. The van der Waals surface area contributed by atoms with Crippen LogP contribution in [0.4, 0.5) is 0 Å². The zero-order chi connectivity index (χ0) is 17.6. The molecule has 6 nitrogen and oxygen atoms in total. The highest BCUT2D eigenvalue weighted by atomic mass is 16.5. The van der Waals surface area contributed by atoms with Gasteiger partial charge < -0.3 is 14.4 Å². The fourth-order valence-corrected chi connectivity index (χ4v) is 3.54.